The number of anilines is 1. The van der Waals surface area contributed by atoms with Crippen molar-refractivity contribution >= 4 is 45.7 Å². The van der Waals surface area contributed by atoms with Crippen LogP contribution >= 0.6 is 34.7 Å². The minimum absolute atomic E-state index is 0.0589. The van der Waals surface area contributed by atoms with Gasteiger partial charge in [-0.25, -0.2) is 4.98 Å². The van der Waals surface area contributed by atoms with Crippen molar-refractivity contribution in [3.63, 3.8) is 0 Å². The second-order valence-electron chi connectivity index (χ2n) is 6.65. The average molecular weight is 508 g/mol. The van der Waals surface area contributed by atoms with Crippen molar-refractivity contribution in [2.24, 2.45) is 7.05 Å². The minimum Gasteiger partial charge on any atom is -0.435 e. The zero-order valence-electron chi connectivity index (χ0n) is 17.0. The lowest BCUT2D eigenvalue weighted by Gasteiger charge is -2.06. The number of amides is 1. The van der Waals surface area contributed by atoms with Crippen LogP contribution in [0.5, 0.6) is 5.75 Å². The average Bonchev–Trinajstić information content (AvgIpc) is 3.40. The maximum Gasteiger partial charge on any atom is 0.387 e. The number of thiazole rings is 1. The Morgan fingerprint density at radius 1 is 1.15 bits per heavy atom. The van der Waals surface area contributed by atoms with Crippen molar-refractivity contribution in [1.29, 1.82) is 0 Å². The van der Waals surface area contributed by atoms with E-state index in [0.717, 1.165) is 11.3 Å². The summed E-state index contributed by atoms with van der Waals surface area (Å²) in [5, 5.41) is 14.6. The summed E-state index contributed by atoms with van der Waals surface area (Å²) >= 11 is 8.46. The molecule has 0 aliphatic carbocycles. The van der Waals surface area contributed by atoms with E-state index in [1.807, 2.05) is 17.5 Å². The maximum absolute atomic E-state index is 12.4. The van der Waals surface area contributed by atoms with Crippen LogP contribution in [-0.2, 0) is 11.8 Å². The van der Waals surface area contributed by atoms with Crippen LogP contribution in [0.3, 0.4) is 0 Å². The third-order valence-corrected chi connectivity index (χ3v) is 6.43. The molecule has 1 N–H and O–H groups in total. The molecule has 33 heavy (non-hydrogen) atoms. The number of hydrogen-bond donors (Lipinski definition) is 1. The van der Waals surface area contributed by atoms with Crippen molar-refractivity contribution in [1.82, 2.24) is 19.7 Å². The molecule has 0 aliphatic heterocycles. The molecule has 4 rings (SSSR count). The van der Waals surface area contributed by atoms with Crippen LogP contribution in [-0.4, -0.2) is 38.0 Å². The van der Waals surface area contributed by atoms with E-state index in [-0.39, 0.29) is 17.4 Å². The predicted octanol–water partition coefficient (Wildman–Crippen LogP) is 5.59. The van der Waals surface area contributed by atoms with E-state index >= 15 is 0 Å². The van der Waals surface area contributed by atoms with Crippen LogP contribution in [0.25, 0.3) is 22.6 Å². The summed E-state index contributed by atoms with van der Waals surface area (Å²) in [7, 11) is 1.76. The Kier molecular flexibility index (Phi) is 7.21. The lowest BCUT2D eigenvalue weighted by atomic mass is 10.2. The summed E-state index contributed by atoms with van der Waals surface area (Å²) in [5.41, 5.74) is 2.34. The Morgan fingerprint density at radius 3 is 2.55 bits per heavy atom. The van der Waals surface area contributed by atoms with E-state index in [2.05, 4.69) is 25.2 Å². The zero-order chi connectivity index (χ0) is 23.4. The molecule has 0 aliphatic rings. The standard InChI is InChI=1S/C21H16ClF2N5O2S2/c1-29-18(13-4-8-15(9-5-13)31-19(23)24)27-28-21(29)33-11-17(30)26-20-25-16(10-32-20)12-2-6-14(22)7-3-12/h2-10,19H,11H2,1H3,(H,25,26,30). The van der Waals surface area contributed by atoms with Crippen LogP contribution in [0.4, 0.5) is 13.9 Å². The van der Waals surface area contributed by atoms with E-state index < -0.39 is 6.61 Å². The highest BCUT2D eigenvalue weighted by atomic mass is 35.5. The minimum atomic E-state index is -2.88. The second-order valence-corrected chi connectivity index (χ2v) is 8.89. The maximum atomic E-state index is 12.4. The number of carbonyl (C=O) groups excluding carboxylic acids is 1. The van der Waals surface area contributed by atoms with Gasteiger partial charge in [0.15, 0.2) is 16.1 Å². The third kappa shape index (κ3) is 5.86. The molecule has 0 radical (unpaired) electrons. The fourth-order valence-electron chi connectivity index (χ4n) is 2.85. The number of nitrogens with one attached hydrogen (secondary N) is 1. The normalized spacial score (nSPS) is 11.1. The summed E-state index contributed by atoms with van der Waals surface area (Å²) in [6.07, 6.45) is 0. The molecule has 170 valence electrons. The summed E-state index contributed by atoms with van der Waals surface area (Å²) < 4.78 is 30.7. The zero-order valence-corrected chi connectivity index (χ0v) is 19.4. The summed E-state index contributed by atoms with van der Waals surface area (Å²) in [6.45, 7) is -2.88. The number of hydrogen-bond acceptors (Lipinski definition) is 7. The van der Waals surface area contributed by atoms with E-state index in [4.69, 9.17) is 11.6 Å². The summed E-state index contributed by atoms with van der Waals surface area (Å²) in [5.74, 6) is 0.482. The molecule has 7 nitrogen and oxygen atoms in total. The van der Waals surface area contributed by atoms with Gasteiger partial charge in [-0.05, 0) is 36.4 Å². The van der Waals surface area contributed by atoms with Crippen LogP contribution in [0.15, 0.2) is 59.1 Å². The third-order valence-electron chi connectivity index (χ3n) is 4.40. The van der Waals surface area contributed by atoms with Gasteiger partial charge >= 0.3 is 6.61 Å². The Morgan fingerprint density at radius 2 is 1.85 bits per heavy atom. The first-order chi connectivity index (χ1) is 15.9. The van der Waals surface area contributed by atoms with Crippen molar-refractivity contribution in [3.05, 3.63) is 58.9 Å². The van der Waals surface area contributed by atoms with E-state index in [9.17, 15) is 13.6 Å². The van der Waals surface area contributed by atoms with E-state index in [0.29, 0.717) is 26.7 Å². The Balaban J connectivity index is 1.34. The molecule has 0 saturated heterocycles. The highest BCUT2D eigenvalue weighted by molar-refractivity contribution is 7.99. The van der Waals surface area contributed by atoms with Gasteiger partial charge in [0.2, 0.25) is 5.91 Å². The van der Waals surface area contributed by atoms with Gasteiger partial charge in [0.25, 0.3) is 0 Å². The fourth-order valence-corrected chi connectivity index (χ4v) is 4.42. The lowest BCUT2D eigenvalue weighted by molar-refractivity contribution is -0.113. The Bertz CT molecular complexity index is 1250. The SMILES string of the molecule is Cn1c(SCC(=O)Nc2nc(-c3ccc(Cl)cc3)cs2)nnc1-c1ccc(OC(F)F)cc1. The molecular weight excluding hydrogens is 492 g/mol. The molecule has 0 atom stereocenters. The molecule has 0 fully saturated rings. The van der Waals surface area contributed by atoms with Gasteiger partial charge < -0.3 is 14.6 Å². The fraction of sp³-hybridized carbons (Fsp3) is 0.143. The van der Waals surface area contributed by atoms with Gasteiger partial charge in [0.05, 0.1) is 11.4 Å². The Labute approximate surface area is 200 Å². The number of thioether (sulfide) groups is 1. The van der Waals surface area contributed by atoms with Gasteiger partial charge in [-0.15, -0.1) is 21.5 Å². The van der Waals surface area contributed by atoms with Crippen LogP contribution in [0.2, 0.25) is 5.02 Å². The number of carbonyl (C=O) groups is 1. The van der Waals surface area contributed by atoms with E-state index in [1.165, 1.54) is 35.2 Å². The summed E-state index contributed by atoms with van der Waals surface area (Å²) in [4.78, 5) is 16.8. The molecule has 0 spiro atoms. The van der Waals surface area contributed by atoms with Crippen molar-refractivity contribution < 1.29 is 18.3 Å². The number of aromatic nitrogens is 4. The molecule has 12 heteroatoms. The van der Waals surface area contributed by atoms with Crippen molar-refractivity contribution in [3.8, 4) is 28.4 Å². The number of halogens is 3. The molecule has 1 amide bonds. The second kappa shape index (κ2) is 10.3. The number of benzene rings is 2. The van der Waals surface area contributed by atoms with Gasteiger partial charge in [0, 0.05) is 28.6 Å². The van der Waals surface area contributed by atoms with Crippen LogP contribution < -0.4 is 10.1 Å². The summed E-state index contributed by atoms with van der Waals surface area (Å²) in [6, 6.07) is 13.4. The Hall–Kier alpha value is -3.02. The molecule has 0 saturated carbocycles. The number of nitrogens with zero attached hydrogens (tertiary/aromatic N) is 4. The van der Waals surface area contributed by atoms with Crippen molar-refractivity contribution in [2.45, 2.75) is 11.8 Å². The van der Waals surface area contributed by atoms with Crippen molar-refractivity contribution in [2.75, 3.05) is 11.1 Å². The first-order valence-corrected chi connectivity index (χ1v) is 11.7. The molecule has 4 aromatic rings. The monoisotopic (exact) mass is 507 g/mol. The molecule has 2 heterocycles. The number of ether oxygens (including phenoxy) is 1. The number of alkyl halides is 2. The van der Waals surface area contributed by atoms with Gasteiger partial charge in [0.1, 0.15) is 5.75 Å². The first-order valence-electron chi connectivity index (χ1n) is 9.48. The molecular formula is C21H16ClF2N5O2S2. The molecule has 2 aromatic carbocycles. The van der Waals surface area contributed by atoms with Crippen LogP contribution in [0.1, 0.15) is 0 Å². The lowest BCUT2D eigenvalue weighted by Crippen LogP contribution is -2.14. The van der Waals surface area contributed by atoms with E-state index in [1.54, 1.807) is 35.9 Å². The highest BCUT2D eigenvalue weighted by Gasteiger charge is 2.15. The highest BCUT2D eigenvalue weighted by Crippen LogP contribution is 2.27. The topological polar surface area (TPSA) is 81.9 Å². The van der Waals surface area contributed by atoms with Gasteiger partial charge in [-0.1, -0.05) is 35.5 Å². The number of rotatable bonds is 8. The quantitative estimate of drug-likeness (QED) is 0.313. The van der Waals surface area contributed by atoms with Crippen LogP contribution in [0, 0.1) is 0 Å². The largest absolute Gasteiger partial charge is 0.435 e. The van der Waals surface area contributed by atoms with Gasteiger partial charge in [-0.3, -0.25) is 4.79 Å². The molecule has 0 bridgehead atoms. The smallest absolute Gasteiger partial charge is 0.387 e. The molecule has 2 aromatic heterocycles. The first kappa shape index (κ1) is 23.1. The van der Waals surface area contributed by atoms with Gasteiger partial charge in [-0.2, -0.15) is 8.78 Å². The molecule has 0 unspecified atom stereocenters. The predicted molar refractivity (Wildman–Crippen MR) is 125 cm³/mol.